The Labute approximate surface area is 124 Å². The van der Waals surface area contributed by atoms with Crippen LogP contribution in [-0.4, -0.2) is 36.2 Å². The molecule has 0 spiro atoms. The van der Waals surface area contributed by atoms with Gasteiger partial charge in [0.2, 0.25) is 0 Å². The Balaban J connectivity index is 1.80. The van der Waals surface area contributed by atoms with E-state index < -0.39 is 0 Å². The standard InChI is InChI=1S/C16H21NO4/c1-2-15(18)21-14-9-6-10-17(11-14)16(19)20-12-13-7-4-3-5-8-13/h3-5,7-8,14H,2,6,9-12H2,1H3/t14-/m1/s1. The minimum atomic E-state index is -0.351. The summed E-state index contributed by atoms with van der Waals surface area (Å²) in [5.41, 5.74) is 0.955. The number of likely N-dealkylation sites (tertiary alicyclic amines) is 1. The highest BCUT2D eigenvalue weighted by molar-refractivity contribution is 5.70. The van der Waals surface area contributed by atoms with Gasteiger partial charge in [-0.3, -0.25) is 4.79 Å². The summed E-state index contributed by atoms with van der Waals surface area (Å²) in [5, 5.41) is 0. The second-order valence-electron chi connectivity index (χ2n) is 5.09. The summed E-state index contributed by atoms with van der Waals surface area (Å²) in [5.74, 6) is -0.223. The first kappa shape index (κ1) is 15.4. The largest absolute Gasteiger partial charge is 0.460 e. The van der Waals surface area contributed by atoms with Crippen LogP contribution < -0.4 is 0 Å². The van der Waals surface area contributed by atoms with E-state index in [-0.39, 0.29) is 24.8 Å². The van der Waals surface area contributed by atoms with Crippen molar-refractivity contribution in [1.82, 2.24) is 4.90 Å². The minimum absolute atomic E-state index is 0.213. The molecule has 1 fully saturated rings. The van der Waals surface area contributed by atoms with Gasteiger partial charge in [-0.2, -0.15) is 0 Å². The summed E-state index contributed by atoms with van der Waals surface area (Å²) >= 11 is 0. The van der Waals surface area contributed by atoms with Gasteiger partial charge in [0, 0.05) is 13.0 Å². The number of rotatable bonds is 4. The van der Waals surface area contributed by atoms with Gasteiger partial charge in [0.25, 0.3) is 0 Å². The second kappa shape index (κ2) is 7.67. The monoisotopic (exact) mass is 291 g/mol. The fourth-order valence-corrected chi connectivity index (χ4v) is 2.28. The number of amides is 1. The third-order valence-electron chi connectivity index (χ3n) is 3.43. The van der Waals surface area contributed by atoms with Gasteiger partial charge in [0.1, 0.15) is 12.7 Å². The van der Waals surface area contributed by atoms with Crippen LogP contribution in [0.3, 0.4) is 0 Å². The van der Waals surface area contributed by atoms with Crippen LogP contribution in [0.25, 0.3) is 0 Å². The Hall–Kier alpha value is -2.04. The Kier molecular flexibility index (Phi) is 5.60. The van der Waals surface area contributed by atoms with E-state index in [9.17, 15) is 9.59 Å². The molecule has 1 amide bonds. The predicted molar refractivity (Wildman–Crippen MR) is 77.6 cm³/mol. The molecule has 0 aliphatic carbocycles. The van der Waals surface area contributed by atoms with E-state index >= 15 is 0 Å². The van der Waals surface area contributed by atoms with E-state index in [0.717, 1.165) is 18.4 Å². The molecule has 1 aromatic rings. The van der Waals surface area contributed by atoms with Crippen LogP contribution in [0.15, 0.2) is 30.3 Å². The second-order valence-corrected chi connectivity index (χ2v) is 5.09. The molecule has 114 valence electrons. The number of carbonyl (C=O) groups is 2. The lowest BCUT2D eigenvalue weighted by atomic mass is 10.1. The highest BCUT2D eigenvalue weighted by Crippen LogP contribution is 2.15. The van der Waals surface area contributed by atoms with Crippen LogP contribution in [0, 0.1) is 0 Å². The number of carbonyl (C=O) groups excluding carboxylic acids is 2. The molecule has 0 bridgehead atoms. The van der Waals surface area contributed by atoms with Crippen molar-refractivity contribution in [2.75, 3.05) is 13.1 Å². The highest BCUT2D eigenvalue weighted by Gasteiger charge is 2.26. The lowest BCUT2D eigenvalue weighted by Crippen LogP contribution is -2.44. The van der Waals surface area contributed by atoms with Gasteiger partial charge in [-0.25, -0.2) is 4.79 Å². The highest BCUT2D eigenvalue weighted by atomic mass is 16.6. The van der Waals surface area contributed by atoms with Crippen molar-refractivity contribution in [2.24, 2.45) is 0 Å². The predicted octanol–water partition coefficient (Wildman–Crippen LogP) is 2.74. The first-order valence-electron chi connectivity index (χ1n) is 7.34. The average molecular weight is 291 g/mol. The zero-order valence-corrected chi connectivity index (χ0v) is 12.3. The van der Waals surface area contributed by atoms with Crippen molar-refractivity contribution in [1.29, 1.82) is 0 Å². The van der Waals surface area contributed by atoms with Crippen LogP contribution >= 0.6 is 0 Å². The molecule has 21 heavy (non-hydrogen) atoms. The van der Waals surface area contributed by atoms with Crippen molar-refractivity contribution in [2.45, 2.75) is 38.9 Å². The van der Waals surface area contributed by atoms with Gasteiger partial charge >= 0.3 is 12.1 Å². The molecule has 0 aromatic heterocycles. The first-order valence-corrected chi connectivity index (χ1v) is 7.34. The maximum absolute atomic E-state index is 12.0. The molecule has 5 nitrogen and oxygen atoms in total. The van der Waals surface area contributed by atoms with Crippen molar-refractivity contribution >= 4 is 12.1 Å². The topological polar surface area (TPSA) is 55.8 Å². The van der Waals surface area contributed by atoms with Crippen molar-refractivity contribution in [3.63, 3.8) is 0 Å². The zero-order valence-electron chi connectivity index (χ0n) is 12.3. The van der Waals surface area contributed by atoms with E-state index in [4.69, 9.17) is 9.47 Å². The van der Waals surface area contributed by atoms with Crippen LogP contribution in [0.2, 0.25) is 0 Å². The van der Waals surface area contributed by atoms with E-state index in [1.165, 1.54) is 0 Å². The lowest BCUT2D eigenvalue weighted by Gasteiger charge is -2.31. The number of hydrogen-bond donors (Lipinski definition) is 0. The quantitative estimate of drug-likeness (QED) is 0.800. The van der Waals surface area contributed by atoms with Crippen molar-refractivity contribution in [3.05, 3.63) is 35.9 Å². The van der Waals surface area contributed by atoms with Gasteiger partial charge in [0.05, 0.1) is 6.54 Å². The number of hydrogen-bond acceptors (Lipinski definition) is 4. The SMILES string of the molecule is CCC(=O)O[C@@H]1CCCN(C(=O)OCc2ccccc2)C1. The van der Waals surface area contributed by atoms with Gasteiger partial charge in [-0.15, -0.1) is 0 Å². The molecule has 0 unspecified atom stereocenters. The third-order valence-corrected chi connectivity index (χ3v) is 3.43. The maximum atomic E-state index is 12.0. The number of benzene rings is 1. The van der Waals surface area contributed by atoms with E-state index in [2.05, 4.69) is 0 Å². The molecule has 0 saturated carbocycles. The summed E-state index contributed by atoms with van der Waals surface area (Å²) in [6.07, 6.45) is 1.41. The van der Waals surface area contributed by atoms with E-state index in [1.54, 1.807) is 11.8 Å². The van der Waals surface area contributed by atoms with Crippen LogP contribution in [-0.2, 0) is 20.9 Å². The van der Waals surface area contributed by atoms with E-state index in [1.807, 2.05) is 30.3 Å². The van der Waals surface area contributed by atoms with Crippen LogP contribution in [0.4, 0.5) is 4.79 Å². The smallest absolute Gasteiger partial charge is 0.410 e. The summed E-state index contributed by atoms with van der Waals surface area (Å²) in [6, 6.07) is 9.56. The molecule has 5 heteroatoms. The molecule has 1 aliphatic rings. The van der Waals surface area contributed by atoms with Gasteiger partial charge in [-0.1, -0.05) is 37.3 Å². The Bertz CT molecular complexity index is 474. The number of esters is 1. The van der Waals surface area contributed by atoms with E-state index in [0.29, 0.717) is 19.5 Å². The Morgan fingerprint density at radius 2 is 2.05 bits per heavy atom. The molecule has 1 atom stereocenters. The molecule has 1 aliphatic heterocycles. The summed E-state index contributed by atoms with van der Waals surface area (Å²) < 4.78 is 10.6. The maximum Gasteiger partial charge on any atom is 0.410 e. The number of piperidine rings is 1. The fourth-order valence-electron chi connectivity index (χ4n) is 2.28. The molecular formula is C16H21NO4. The molecule has 1 aromatic carbocycles. The zero-order chi connectivity index (χ0) is 15.1. The Morgan fingerprint density at radius 1 is 1.29 bits per heavy atom. The van der Waals surface area contributed by atoms with Gasteiger partial charge in [-0.05, 0) is 18.4 Å². The fraction of sp³-hybridized carbons (Fsp3) is 0.500. The minimum Gasteiger partial charge on any atom is -0.460 e. The van der Waals surface area contributed by atoms with Crippen molar-refractivity contribution < 1.29 is 19.1 Å². The molecule has 2 rings (SSSR count). The summed E-state index contributed by atoms with van der Waals surface area (Å²) in [6.45, 7) is 3.08. The molecule has 0 radical (unpaired) electrons. The summed E-state index contributed by atoms with van der Waals surface area (Å²) in [4.78, 5) is 25.0. The number of ether oxygens (including phenoxy) is 2. The average Bonchev–Trinajstić information content (AvgIpc) is 2.53. The van der Waals surface area contributed by atoms with Gasteiger partial charge in [0.15, 0.2) is 0 Å². The van der Waals surface area contributed by atoms with Crippen molar-refractivity contribution in [3.8, 4) is 0 Å². The van der Waals surface area contributed by atoms with Gasteiger partial charge < -0.3 is 14.4 Å². The van der Waals surface area contributed by atoms with Crippen LogP contribution in [0.1, 0.15) is 31.7 Å². The first-order chi connectivity index (χ1) is 10.2. The van der Waals surface area contributed by atoms with Crippen LogP contribution in [0.5, 0.6) is 0 Å². The summed E-state index contributed by atoms with van der Waals surface area (Å²) in [7, 11) is 0. The molecule has 1 heterocycles. The molecular weight excluding hydrogens is 270 g/mol. The number of nitrogens with zero attached hydrogens (tertiary/aromatic N) is 1. The molecule has 0 N–H and O–H groups in total. The third kappa shape index (κ3) is 4.77. The lowest BCUT2D eigenvalue weighted by molar-refractivity contribution is -0.150. The molecule has 1 saturated heterocycles. The normalized spacial score (nSPS) is 18.1. The Morgan fingerprint density at radius 3 is 2.76 bits per heavy atom.